The Bertz CT molecular complexity index is 367. The van der Waals surface area contributed by atoms with Crippen LogP contribution in [-0.4, -0.2) is 44.9 Å². The molecule has 1 rings (SSSR count). The second-order valence-corrected chi connectivity index (χ2v) is 6.25. The van der Waals surface area contributed by atoms with Crippen molar-refractivity contribution in [3.63, 3.8) is 0 Å². The number of ether oxygens (including phenoxy) is 1. The van der Waals surface area contributed by atoms with Crippen LogP contribution < -0.4 is 4.72 Å². The van der Waals surface area contributed by atoms with Crippen molar-refractivity contribution in [2.75, 3.05) is 20.2 Å². The molecule has 17 heavy (non-hydrogen) atoms. The Morgan fingerprint density at radius 2 is 2.18 bits per heavy atom. The molecule has 1 atom stereocenters. The molecule has 0 bridgehead atoms. The average molecular weight is 264 g/mol. The van der Waals surface area contributed by atoms with E-state index < -0.39 is 22.2 Å². The highest BCUT2D eigenvalue weighted by Crippen LogP contribution is 2.21. The topological polar surface area (TPSA) is 75.7 Å². The van der Waals surface area contributed by atoms with E-state index in [-0.39, 0.29) is 5.92 Å². The normalized spacial score (nSPS) is 22.0. The smallest absolute Gasteiger partial charge is 0.324 e. The second-order valence-electron chi connectivity index (χ2n) is 4.54. The van der Waals surface area contributed by atoms with E-state index in [4.69, 9.17) is 0 Å². The number of hydrogen-bond acceptors (Lipinski definition) is 4. The summed E-state index contributed by atoms with van der Waals surface area (Å²) in [6, 6.07) is -0.676. The number of nitrogens with one attached hydrogen (secondary N) is 1. The number of methoxy groups -OCH3 is 1. The maximum Gasteiger partial charge on any atom is 0.324 e. The Balaban J connectivity index is 2.73. The standard InChI is InChI=1S/C10H20N2O4S/c1-8(2)7-11-17(14,15)12-6-4-5-9(12)10(13)16-3/h8-9,11H,4-7H2,1-3H3. The zero-order valence-corrected chi connectivity index (χ0v) is 11.3. The van der Waals surface area contributed by atoms with Gasteiger partial charge in [-0.2, -0.15) is 12.7 Å². The molecule has 0 saturated carbocycles. The van der Waals surface area contributed by atoms with Crippen LogP contribution in [-0.2, 0) is 19.7 Å². The molecule has 1 fully saturated rings. The number of hydrogen-bond donors (Lipinski definition) is 1. The predicted molar refractivity (Wildman–Crippen MR) is 63.5 cm³/mol. The van der Waals surface area contributed by atoms with Crippen LogP contribution in [0.1, 0.15) is 26.7 Å². The molecule has 0 amide bonds. The highest BCUT2D eigenvalue weighted by Gasteiger charge is 2.39. The molecule has 100 valence electrons. The van der Waals surface area contributed by atoms with Crippen LogP contribution in [0, 0.1) is 5.92 Å². The first-order valence-corrected chi connectivity index (χ1v) is 7.16. The third-order valence-electron chi connectivity index (χ3n) is 2.66. The molecule has 0 aromatic carbocycles. The van der Waals surface area contributed by atoms with Crippen LogP contribution in [0.25, 0.3) is 0 Å². The van der Waals surface area contributed by atoms with Crippen molar-refractivity contribution < 1.29 is 17.9 Å². The maximum atomic E-state index is 12.0. The lowest BCUT2D eigenvalue weighted by atomic mass is 10.2. The summed E-state index contributed by atoms with van der Waals surface area (Å²) < 4.78 is 32.3. The molecule has 1 aliphatic heterocycles. The fourth-order valence-corrected chi connectivity index (χ4v) is 3.36. The van der Waals surface area contributed by atoms with Crippen LogP contribution in [0.5, 0.6) is 0 Å². The molecule has 1 unspecified atom stereocenters. The minimum absolute atomic E-state index is 0.226. The first kappa shape index (κ1) is 14.4. The van der Waals surface area contributed by atoms with Crippen LogP contribution in [0.4, 0.5) is 0 Å². The number of carbonyl (C=O) groups is 1. The van der Waals surface area contributed by atoms with E-state index in [1.54, 1.807) is 0 Å². The molecule has 1 N–H and O–H groups in total. The van der Waals surface area contributed by atoms with E-state index in [1.807, 2.05) is 13.8 Å². The van der Waals surface area contributed by atoms with E-state index in [2.05, 4.69) is 9.46 Å². The van der Waals surface area contributed by atoms with Crippen molar-refractivity contribution in [1.82, 2.24) is 9.03 Å². The number of rotatable bonds is 5. The van der Waals surface area contributed by atoms with Gasteiger partial charge in [-0.3, -0.25) is 4.79 Å². The van der Waals surface area contributed by atoms with Crippen LogP contribution >= 0.6 is 0 Å². The summed E-state index contributed by atoms with van der Waals surface area (Å²) in [5.41, 5.74) is 0. The van der Waals surface area contributed by atoms with Crippen molar-refractivity contribution in [2.45, 2.75) is 32.7 Å². The minimum Gasteiger partial charge on any atom is -0.468 e. The molecule has 6 nitrogen and oxygen atoms in total. The van der Waals surface area contributed by atoms with Crippen molar-refractivity contribution in [3.05, 3.63) is 0 Å². The molecule has 7 heteroatoms. The van der Waals surface area contributed by atoms with Gasteiger partial charge in [-0.1, -0.05) is 13.8 Å². The number of nitrogens with zero attached hydrogens (tertiary/aromatic N) is 1. The Kier molecular flexibility index (Phi) is 4.91. The van der Waals surface area contributed by atoms with Crippen molar-refractivity contribution >= 4 is 16.2 Å². The lowest BCUT2D eigenvalue weighted by Crippen LogP contribution is -2.47. The third kappa shape index (κ3) is 3.65. The number of carbonyl (C=O) groups excluding carboxylic acids is 1. The molecular formula is C10H20N2O4S. The van der Waals surface area contributed by atoms with Gasteiger partial charge in [0.25, 0.3) is 10.2 Å². The summed E-state index contributed by atoms with van der Waals surface area (Å²) in [7, 11) is -2.31. The first-order valence-electron chi connectivity index (χ1n) is 5.72. The lowest BCUT2D eigenvalue weighted by molar-refractivity contribution is -0.144. The lowest BCUT2D eigenvalue weighted by Gasteiger charge is -2.22. The Morgan fingerprint density at radius 3 is 2.71 bits per heavy atom. The zero-order chi connectivity index (χ0) is 13.1. The van der Waals surface area contributed by atoms with E-state index in [0.717, 1.165) is 0 Å². The largest absolute Gasteiger partial charge is 0.468 e. The van der Waals surface area contributed by atoms with E-state index in [1.165, 1.54) is 11.4 Å². The summed E-state index contributed by atoms with van der Waals surface area (Å²) in [6.45, 7) is 4.58. The highest BCUT2D eigenvalue weighted by atomic mass is 32.2. The minimum atomic E-state index is -3.58. The molecule has 1 heterocycles. The van der Waals surface area contributed by atoms with Gasteiger partial charge in [0, 0.05) is 13.1 Å². The predicted octanol–water partition coefficient (Wildman–Crippen LogP) is 0.114. The first-order chi connectivity index (χ1) is 7.88. The summed E-state index contributed by atoms with van der Waals surface area (Å²) in [5, 5.41) is 0. The van der Waals surface area contributed by atoms with Crippen molar-refractivity contribution in [3.8, 4) is 0 Å². The summed E-state index contributed by atoms with van der Waals surface area (Å²) >= 11 is 0. The van der Waals surface area contributed by atoms with Gasteiger partial charge in [0.15, 0.2) is 0 Å². The van der Waals surface area contributed by atoms with Gasteiger partial charge in [-0.05, 0) is 18.8 Å². The van der Waals surface area contributed by atoms with Gasteiger partial charge in [-0.15, -0.1) is 0 Å². The van der Waals surface area contributed by atoms with Crippen molar-refractivity contribution in [1.29, 1.82) is 0 Å². The molecule has 1 saturated heterocycles. The maximum absolute atomic E-state index is 12.0. The van der Waals surface area contributed by atoms with E-state index in [9.17, 15) is 13.2 Å². The fraction of sp³-hybridized carbons (Fsp3) is 0.900. The van der Waals surface area contributed by atoms with Crippen LogP contribution in [0.2, 0.25) is 0 Å². The fourth-order valence-electron chi connectivity index (χ4n) is 1.75. The molecule has 0 aliphatic carbocycles. The van der Waals surface area contributed by atoms with Gasteiger partial charge >= 0.3 is 5.97 Å². The van der Waals surface area contributed by atoms with Gasteiger partial charge in [0.2, 0.25) is 0 Å². The SMILES string of the molecule is COC(=O)C1CCCN1S(=O)(=O)NCC(C)C. The average Bonchev–Trinajstić information content (AvgIpc) is 2.75. The molecule has 0 aromatic rings. The van der Waals surface area contributed by atoms with Crippen LogP contribution in [0.15, 0.2) is 0 Å². The number of esters is 1. The molecular weight excluding hydrogens is 244 g/mol. The van der Waals surface area contributed by atoms with Crippen LogP contribution in [0.3, 0.4) is 0 Å². The summed E-state index contributed by atoms with van der Waals surface area (Å²) in [5.74, 6) is -0.263. The molecule has 0 aromatic heterocycles. The highest BCUT2D eigenvalue weighted by molar-refractivity contribution is 7.87. The van der Waals surface area contributed by atoms with E-state index in [0.29, 0.717) is 25.9 Å². The molecule has 1 aliphatic rings. The Labute approximate surface area is 102 Å². The summed E-state index contributed by atoms with van der Waals surface area (Å²) in [4.78, 5) is 11.5. The monoisotopic (exact) mass is 264 g/mol. The van der Waals surface area contributed by atoms with Gasteiger partial charge in [-0.25, -0.2) is 4.72 Å². The van der Waals surface area contributed by atoms with Gasteiger partial charge < -0.3 is 4.74 Å². The Hall–Kier alpha value is -0.660. The second kappa shape index (κ2) is 5.79. The summed E-state index contributed by atoms with van der Waals surface area (Å²) in [6.07, 6.45) is 1.21. The van der Waals surface area contributed by atoms with E-state index >= 15 is 0 Å². The molecule has 0 spiro atoms. The molecule has 0 radical (unpaired) electrons. The van der Waals surface area contributed by atoms with Crippen molar-refractivity contribution in [2.24, 2.45) is 5.92 Å². The quantitative estimate of drug-likeness (QED) is 0.715. The third-order valence-corrected chi connectivity index (χ3v) is 4.25. The van der Waals surface area contributed by atoms with Gasteiger partial charge in [0.1, 0.15) is 6.04 Å². The van der Waals surface area contributed by atoms with Gasteiger partial charge in [0.05, 0.1) is 7.11 Å². The Morgan fingerprint density at radius 1 is 1.53 bits per heavy atom. The zero-order valence-electron chi connectivity index (χ0n) is 10.5.